The Morgan fingerprint density at radius 2 is 1.96 bits per heavy atom. The van der Waals surface area contributed by atoms with Gasteiger partial charge in [0.1, 0.15) is 0 Å². The summed E-state index contributed by atoms with van der Waals surface area (Å²) in [5.74, 6) is 2.10. The second kappa shape index (κ2) is 7.04. The number of pyridine rings is 1. The molecule has 28 heavy (non-hydrogen) atoms. The first-order chi connectivity index (χ1) is 13.6. The van der Waals surface area contributed by atoms with Crippen molar-refractivity contribution >= 4 is 10.9 Å². The number of H-pyrrole nitrogens is 1. The van der Waals surface area contributed by atoms with E-state index in [2.05, 4.69) is 66.0 Å². The molecule has 1 aromatic carbocycles. The molecular formula is C25H31N3. The highest BCUT2D eigenvalue weighted by molar-refractivity contribution is 5.92. The fourth-order valence-corrected chi connectivity index (χ4v) is 5.14. The number of aryl methyl sites for hydroxylation is 1. The first kappa shape index (κ1) is 17.9. The molecule has 3 aromatic rings. The zero-order chi connectivity index (χ0) is 19.3. The highest BCUT2D eigenvalue weighted by Gasteiger charge is 2.39. The van der Waals surface area contributed by atoms with Crippen molar-refractivity contribution < 1.29 is 0 Å². The lowest BCUT2D eigenvalue weighted by molar-refractivity contribution is 0.322. The zero-order valence-corrected chi connectivity index (χ0v) is 17.3. The smallest absolute Gasteiger partial charge is 0.0501 e. The maximum Gasteiger partial charge on any atom is 0.0501 e. The predicted molar refractivity (Wildman–Crippen MR) is 117 cm³/mol. The molecule has 1 saturated carbocycles. The zero-order valence-electron chi connectivity index (χ0n) is 17.3. The molecule has 1 N–H and O–H groups in total. The summed E-state index contributed by atoms with van der Waals surface area (Å²) in [5.41, 5.74) is 7.81. The number of hydrogen-bond acceptors (Lipinski definition) is 2. The lowest BCUT2D eigenvalue weighted by atomic mass is 9.95. The van der Waals surface area contributed by atoms with Gasteiger partial charge in [-0.1, -0.05) is 19.9 Å². The van der Waals surface area contributed by atoms with Crippen molar-refractivity contribution in [2.75, 3.05) is 19.6 Å². The Morgan fingerprint density at radius 3 is 2.71 bits per heavy atom. The Balaban J connectivity index is 1.48. The van der Waals surface area contributed by atoms with Crippen molar-refractivity contribution in [3.8, 4) is 11.3 Å². The number of aromatic nitrogens is 2. The van der Waals surface area contributed by atoms with Gasteiger partial charge in [0.25, 0.3) is 0 Å². The van der Waals surface area contributed by atoms with E-state index in [-0.39, 0.29) is 0 Å². The van der Waals surface area contributed by atoms with Crippen LogP contribution in [0.3, 0.4) is 0 Å². The SMILES string of the molecule is Cc1cc(-c2[nH]c3ccc([C@@H]4C[C@H]4CN4CCCC4)cc3c2C(C)C)ccn1. The molecule has 0 radical (unpaired) electrons. The highest BCUT2D eigenvalue weighted by Crippen LogP contribution is 2.49. The Bertz CT molecular complexity index is 994. The molecular weight excluding hydrogens is 342 g/mol. The fourth-order valence-electron chi connectivity index (χ4n) is 5.14. The van der Waals surface area contributed by atoms with Gasteiger partial charge in [-0.15, -0.1) is 0 Å². The Hall–Kier alpha value is -2.13. The van der Waals surface area contributed by atoms with E-state index < -0.39 is 0 Å². The molecule has 3 nitrogen and oxygen atoms in total. The van der Waals surface area contributed by atoms with Gasteiger partial charge in [0, 0.05) is 34.9 Å². The molecule has 3 heterocycles. The summed E-state index contributed by atoms with van der Waals surface area (Å²) in [5, 5.41) is 1.41. The largest absolute Gasteiger partial charge is 0.354 e. The van der Waals surface area contributed by atoms with E-state index in [0.717, 1.165) is 17.5 Å². The van der Waals surface area contributed by atoms with Crippen LogP contribution in [0.2, 0.25) is 0 Å². The topological polar surface area (TPSA) is 31.9 Å². The molecule has 0 unspecified atom stereocenters. The van der Waals surface area contributed by atoms with E-state index in [4.69, 9.17) is 0 Å². The number of fused-ring (bicyclic) bond motifs is 1. The van der Waals surface area contributed by atoms with E-state index in [1.807, 2.05) is 6.20 Å². The lowest BCUT2D eigenvalue weighted by Gasteiger charge is -2.14. The van der Waals surface area contributed by atoms with Crippen LogP contribution in [0.25, 0.3) is 22.2 Å². The third-order valence-electron chi connectivity index (χ3n) is 6.67. The van der Waals surface area contributed by atoms with Crippen molar-refractivity contribution in [1.82, 2.24) is 14.9 Å². The third kappa shape index (κ3) is 3.26. The minimum absolute atomic E-state index is 0.479. The summed E-state index contributed by atoms with van der Waals surface area (Å²) >= 11 is 0. The van der Waals surface area contributed by atoms with Crippen LogP contribution in [0.4, 0.5) is 0 Å². The minimum Gasteiger partial charge on any atom is -0.354 e. The molecule has 5 rings (SSSR count). The van der Waals surface area contributed by atoms with Gasteiger partial charge in [-0.3, -0.25) is 4.98 Å². The van der Waals surface area contributed by atoms with Gasteiger partial charge >= 0.3 is 0 Å². The third-order valence-corrected chi connectivity index (χ3v) is 6.67. The van der Waals surface area contributed by atoms with Gasteiger partial charge in [-0.25, -0.2) is 0 Å². The number of aromatic amines is 1. The van der Waals surface area contributed by atoms with E-state index in [1.165, 1.54) is 72.2 Å². The summed E-state index contributed by atoms with van der Waals surface area (Å²) in [6.07, 6.45) is 6.06. The maximum absolute atomic E-state index is 4.37. The molecule has 1 saturated heterocycles. The van der Waals surface area contributed by atoms with Crippen molar-refractivity contribution in [3.05, 3.63) is 53.3 Å². The number of hydrogen-bond donors (Lipinski definition) is 1. The second-order valence-corrected chi connectivity index (χ2v) is 9.17. The van der Waals surface area contributed by atoms with Gasteiger partial charge in [0.2, 0.25) is 0 Å². The Morgan fingerprint density at radius 1 is 1.14 bits per heavy atom. The summed E-state index contributed by atoms with van der Waals surface area (Å²) in [7, 11) is 0. The second-order valence-electron chi connectivity index (χ2n) is 9.17. The number of likely N-dealkylation sites (tertiary alicyclic amines) is 1. The van der Waals surface area contributed by atoms with Crippen molar-refractivity contribution in [3.63, 3.8) is 0 Å². The average Bonchev–Trinajstić information content (AvgIpc) is 3.08. The molecule has 2 fully saturated rings. The van der Waals surface area contributed by atoms with Crippen molar-refractivity contribution in [2.24, 2.45) is 5.92 Å². The van der Waals surface area contributed by atoms with Crippen LogP contribution < -0.4 is 0 Å². The lowest BCUT2D eigenvalue weighted by Crippen LogP contribution is -2.22. The number of nitrogens with zero attached hydrogens (tertiary/aromatic N) is 2. The van der Waals surface area contributed by atoms with Crippen LogP contribution in [-0.2, 0) is 0 Å². The summed E-state index contributed by atoms with van der Waals surface area (Å²) in [6, 6.07) is 11.5. The summed E-state index contributed by atoms with van der Waals surface area (Å²) in [6.45, 7) is 10.6. The van der Waals surface area contributed by atoms with E-state index in [1.54, 1.807) is 0 Å². The van der Waals surface area contributed by atoms with Crippen molar-refractivity contribution in [1.29, 1.82) is 0 Å². The van der Waals surface area contributed by atoms with Gasteiger partial charge < -0.3 is 9.88 Å². The maximum atomic E-state index is 4.37. The van der Waals surface area contributed by atoms with E-state index >= 15 is 0 Å². The highest BCUT2D eigenvalue weighted by atomic mass is 15.1. The van der Waals surface area contributed by atoms with Crippen LogP contribution in [0.1, 0.15) is 61.8 Å². The quantitative estimate of drug-likeness (QED) is 0.607. The predicted octanol–water partition coefficient (Wildman–Crippen LogP) is 5.86. The number of rotatable bonds is 5. The summed E-state index contributed by atoms with van der Waals surface area (Å²) in [4.78, 5) is 10.8. The van der Waals surface area contributed by atoms with Crippen LogP contribution >= 0.6 is 0 Å². The molecule has 0 amide bonds. The standard InChI is InChI=1S/C25H31N3/c1-16(2)24-22-13-18(21-14-20(21)15-28-10-4-5-11-28)6-7-23(22)27-25(24)19-8-9-26-17(3)12-19/h6-9,12-13,16,20-21,27H,4-5,10-11,14-15H2,1-3H3/t20-,21-/m0/s1. The molecule has 1 aliphatic heterocycles. The Kier molecular flexibility index (Phi) is 4.51. The monoisotopic (exact) mass is 373 g/mol. The van der Waals surface area contributed by atoms with Gasteiger partial charge in [0.05, 0.1) is 5.69 Å². The van der Waals surface area contributed by atoms with E-state index in [9.17, 15) is 0 Å². The molecule has 2 atom stereocenters. The molecule has 2 aliphatic rings. The van der Waals surface area contributed by atoms with Gasteiger partial charge in [-0.05, 0) is 92.4 Å². The molecule has 0 spiro atoms. The van der Waals surface area contributed by atoms with Crippen molar-refractivity contribution in [2.45, 2.75) is 51.9 Å². The number of benzene rings is 1. The van der Waals surface area contributed by atoms with Crippen LogP contribution in [0, 0.1) is 12.8 Å². The van der Waals surface area contributed by atoms with Crippen LogP contribution in [0.5, 0.6) is 0 Å². The Labute approximate surface area is 168 Å². The van der Waals surface area contributed by atoms with Crippen LogP contribution in [-0.4, -0.2) is 34.5 Å². The van der Waals surface area contributed by atoms with Crippen LogP contribution in [0.15, 0.2) is 36.5 Å². The van der Waals surface area contributed by atoms with Gasteiger partial charge in [-0.2, -0.15) is 0 Å². The van der Waals surface area contributed by atoms with E-state index in [0.29, 0.717) is 5.92 Å². The average molecular weight is 374 g/mol. The molecule has 0 bridgehead atoms. The fraction of sp³-hybridized carbons (Fsp3) is 0.480. The molecule has 3 heteroatoms. The molecule has 146 valence electrons. The normalized spacial score (nSPS) is 22.4. The summed E-state index contributed by atoms with van der Waals surface area (Å²) < 4.78 is 0. The first-order valence-corrected chi connectivity index (χ1v) is 10.9. The molecule has 1 aliphatic carbocycles. The number of nitrogens with one attached hydrogen (secondary N) is 1. The molecule has 2 aromatic heterocycles. The first-order valence-electron chi connectivity index (χ1n) is 10.9. The van der Waals surface area contributed by atoms with Gasteiger partial charge in [0.15, 0.2) is 0 Å². The minimum atomic E-state index is 0.479.